The monoisotopic (exact) mass is 368 g/mol. The van der Waals surface area contributed by atoms with Crippen molar-refractivity contribution in [3.63, 3.8) is 0 Å². The van der Waals surface area contributed by atoms with Crippen LogP contribution in [-0.4, -0.2) is 54.8 Å². The van der Waals surface area contributed by atoms with Crippen LogP contribution in [0.25, 0.3) is 0 Å². The minimum Gasteiger partial charge on any atom is -0.370 e. The van der Waals surface area contributed by atoms with Crippen LogP contribution < -0.4 is 33.6 Å². The number of guanidine groups is 2. The highest BCUT2D eigenvalue weighted by molar-refractivity contribution is 5.84. The number of hydrogen-bond donors (Lipinski definition) is 6. The molecule has 10 heteroatoms. The van der Waals surface area contributed by atoms with E-state index in [0.717, 1.165) is 32.0 Å². The summed E-state index contributed by atoms with van der Waals surface area (Å²) in [6.45, 7) is 2.22. The summed E-state index contributed by atoms with van der Waals surface area (Å²) in [4.78, 5) is 31.5. The van der Waals surface area contributed by atoms with Crippen LogP contribution in [0, 0.1) is 0 Å². The van der Waals surface area contributed by atoms with Crippen LogP contribution in [0.2, 0.25) is 0 Å². The van der Waals surface area contributed by atoms with Crippen molar-refractivity contribution in [1.29, 1.82) is 0 Å². The first-order valence-electron chi connectivity index (χ1n) is 8.97. The second kappa shape index (κ2) is 11.3. The summed E-state index contributed by atoms with van der Waals surface area (Å²) in [5.74, 6) is -0.0618. The number of aldehydes is 1. The summed E-state index contributed by atoms with van der Waals surface area (Å²) in [5.41, 5.74) is 21.3. The molecule has 0 aromatic carbocycles. The highest BCUT2D eigenvalue weighted by Gasteiger charge is 2.24. The maximum Gasteiger partial charge on any atom is 0.237 e. The van der Waals surface area contributed by atoms with Crippen molar-refractivity contribution in [2.45, 2.75) is 69.6 Å². The number of nitrogens with two attached hydrogens (primary N) is 4. The lowest BCUT2D eigenvalue weighted by atomic mass is 9.91. The van der Waals surface area contributed by atoms with Crippen molar-refractivity contribution in [1.82, 2.24) is 10.6 Å². The minimum absolute atomic E-state index is 0.0177. The molecular weight excluding hydrogens is 336 g/mol. The molecule has 0 aliphatic heterocycles. The Kier molecular flexibility index (Phi) is 9.42. The van der Waals surface area contributed by atoms with E-state index in [1.807, 2.05) is 0 Å². The maximum atomic E-state index is 12.3. The molecule has 0 spiro atoms. The summed E-state index contributed by atoms with van der Waals surface area (Å²) < 4.78 is 0. The van der Waals surface area contributed by atoms with Gasteiger partial charge in [-0.2, -0.15) is 0 Å². The highest BCUT2D eigenvalue weighted by atomic mass is 16.2. The van der Waals surface area contributed by atoms with Gasteiger partial charge in [0.1, 0.15) is 6.29 Å². The van der Waals surface area contributed by atoms with E-state index in [1.54, 1.807) is 6.92 Å². The first kappa shape index (κ1) is 21.7. The normalized spacial score (nSPS) is 21.9. The fraction of sp³-hybridized carbons (Fsp3) is 0.750. The summed E-state index contributed by atoms with van der Waals surface area (Å²) in [7, 11) is 0. The van der Waals surface area contributed by atoms with Gasteiger partial charge in [-0.05, 0) is 45.4 Å². The molecule has 0 unspecified atom stereocenters. The van der Waals surface area contributed by atoms with Gasteiger partial charge in [-0.25, -0.2) is 0 Å². The molecule has 1 saturated carbocycles. The van der Waals surface area contributed by atoms with Crippen LogP contribution in [0.1, 0.15) is 45.4 Å². The van der Waals surface area contributed by atoms with Crippen LogP contribution in [0.5, 0.6) is 0 Å². The molecule has 1 amide bonds. The maximum absolute atomic E-state index is 12.3. The van der Waals surface area contributed by atoms with Gasteiger partial charge in [0.25, 0.3) is 0 Å². The zero-order valence-corrected chi connectivity index (χ0v) is 15.4. The Bertz CT molecular complexity index is 506. The summed E-state index contributed by atoms with van der Waals surface area (Å²) in [6.07, 6.45) is 5.39. The van der Waals surface area contributed by atoms with E-state index >= 15 is 0 Å². The van der Waals surface area contributed by atoms with Crippen molar-refractivity contribution in [2.24, 2.45) is 32.9 Å². The van der Waals surface area contributed by atoms with Crippen LogP contribution >= 0.6 is 0 Å². The lowest BCUT2D eigenvalue weighted by molar-refractivity contribution is -0.125. The van der Waals surface area contributed by atoms with Crippen molar-refractivity contribution in [3.05, 3.63) is 0 Å². The first-order valence-corrected chi connectivity index (χ1v) is 8.97. The van der Waals surface area contributed by atoms with Crippen LogP contribution in [-0.2, 0) is 9.59 Å². The van der Waals surface area contributed by atoms with Gasteiger partial charge in [0.05, 0.1) is 18.1 Å². The molecule has 1 rings (SSSR count). The average Bonchev–Trinajstić information content (AvgIpc) is 2.58. The number of nitrogens with one attached hydrogen (secondary N) is 2. The van der Waals surface area contributed by atoms with E-state index in [0.29, 0.717) is 19.4 Å². The van der Waals surface area contributed by atoms with E-state index in [9.17, 15) is 9.59 Å². The number of hydrogen-bond acceptors (Lipinski definition) is 5. The zero-order valence-electron chi connectivity index (χ0n) is 15.4. The topological polar surface area (TPSA) is 187 Å². The van der Waals surface area contributed by atoms with Gasteiger partial charge in [-0.3, -0.25) is 14.8 Å². The fourth-order valence-electron chi connectivity index (χ4n) is 3.01. The van der Waals surface area contributed by atoms with E-state index in [1.165, 1.54) is 0 Å². The number of carbonyl (C=O) groups excluding carboxylic acids is 2. The Labute approximate surface area is 154 Å². The molecule has 0 aromatic rings. The third-order valence-electron chi connectivity index (χ3n) is 4.37. The van der Waals surface area contributed by atoms with Gasteiger partial charge in [0, 0.05) is 12.6 Å². The molecule has 148 valence electrons. The van der Waals surface area contributed by atoms with Gasteiger partial charge in [-0.15, -0.1) is 0 Å². The molecule has 1 aliphatic carbocycles. The summed E-state index contributed by atoms with van der Waals surface area (Å²) in [6, 6.07) is -0.539. The van der Waals surface area contributed by atoms with Gasteiger partial charge < -0.3 is 38.4 Å². The fourth-order valence-corrected chi connectivity index (χ4v) is 3.01. The summed E-state index contributed by atoms with van der Waals surface area (Å²) in [5, 5.41) is 6.05. The molecule has 0 heterocycles. The lowest BCUT2D eigenvalue weighted by Crippen LogP contribution is -2.50. The number of amides is 1. The Hall–Kier alpha value is -2.36. The third kappa shape index (κ3) is 8.65. The number of rotatable bonds is 10. The standard InChI is InChI=1S/C16H32N8O2/c1-10(22-11-4-6-12(7-5-11)24-16(19)20)14(26)23-13(9-25)3-2-8-21-15(17)18/h9-13,22H,2-8H2,1H3,(H,23,26)(H4,17,18,21)(H4,19,20,24)/t10-,11?,12?,13-/m0/s1. The average molecular weight is 368 g/mol. The van der Waals surface area contributed by atoms with E-state index < -0.39 is 6.04 Å². The second-order valence-electron chi connectivity index (χ2n) is 6.65. The smallest absolute Gasteiger partial charge is 0.237 e. The van der Waals surface area contributed by atoms with E-state index in [4.69, 9.17) is 22.9 Å². The molecule has 10 nitrogen and oxygen atoms in total. The third-order valence-corrected chi connectivity index (χ3v) is 4.37. The van der Waals surface area contributed by atoms with Crippen molar-refractivity contribution in [3.8, 4) is 0 Å². The predicted molar refractivity (Wildman–Crippen MR) is 102 cm³/mol. The first-order chi connectivity index (χ1) is 12.3. The molecule has 10 N–H and O–H groups in total. The molecule has 26 heavy (non-hydrogen) atoms. The number of nitrogens with zero attached hydrogens (tertiary/aromatic N) is 2. The Balaban J connectivity index is 2.34. The number of aliphatic imine (C=N–C) groups is 2. The van der Waals surface area contributed by atoms with Crippen LogP contribution in [0.15, 0.2) is 9.98 Å². The molecule has 0 aromatic heterocycles. The van der Waals surface area contributed by atoms with E-state index in [-0.39, 0.29) is 36.0 Å². The molecular formula is C16H32N8O2. The zero-order chi connectivity index (χ0) is 19.5. The van der Waals surface area contributed by atoms with Gasteiger partial charge in [-0.1, -0.05) is 0 Å². The quantitative estimate of drug-likeness (QED) is 0.114. The predicted octanol–water partition coefficient (Wildman–Crippen LogP) is -1.71. The van der Waals surface area contributed by atoms with Crippen molar-refractivity contribution >= 4 is 24.1 Å². The molecule has 0 saturated heterocycles. The molecule has 1 aliphatic rings. The van der Waals surface area contributed by atoms with Crippen molar-refractivity contribution in [2.75, 3.05) is 6.54 Å². The minimum atomic E-state index is -0.543. The SMILES string of the molecule is C[C@H](NC1CCC(N=C(N)N)CC1)C(=O)N[C@H](C=O)CCCN=C(N)N. The van der Waals surface area contributed by atoms with Crippen LogP contribution in [0.4, 0.5) is 0 Å². The Morgan fingerprint density at radius 2 is 1.81 bits per heavy atom. The van der Waals surface area contributed by atoms with Crippen molar-refractivity contribution < 1.29 is 9.59 Å². The van der Waals surface area contributed by atoms with Gasteiger partial charge in [0.2, 0.25) is 5.91 Å². The second-order valence-corrected chi connectivity index (χ2v) is 6.65. The largest absolute Gasteiger partial charge is 0.370 e. The van der Waals surface area contributed by atoms with Gasteiger partial charge in [0.15, 0.2) is 11.9 Å². The highest BCUT2D eigenvalue weighted by Crippen LogP contribution is 2.21. The Morgan fingerprint density at radius 3 is 2.35 bits per heavy atom. The number of carbonyl (C=O) groups is 2. The summed E-state index contributed by atoms with van der Waals surface area (Å²) >= 11 is 0. The van der Waals surface area contributed by atoms with Gasteiger partial charge >= 0.3 is 0 Å². The lowest BCUT2D eigenvalue weighted by Gasteiger charge is -2.29. The molecule has 2 atom stereocenters. The molecule has 1 fully saturated rings. The Morgan fingerprint density at radius 1 is 1.15 bits per heavy atom. The molecule has 0 bridgehead atoms. The molecule has 0 radical (unpaired) electrons. The van der Waals surface area contributed by atoms with Crippen LogP contribution in [0.3, 0.4) is 0 Å². The van der Waals surface area contributed by atoms with E-state index in [2.05, 4.69) is 20.6 Å².